The van der Waals surface area contributed by atoms with E-state index < -0.39 is 0 Å². The van der Waals surface area contributed by atoms with E-state index >= 15 is 0 Å². The van der Waals surface area contributed by atoms with Crippen LogP contribution >= 0.6 is 0 Å². The molecule has 0 atom stereocenters. The Bertz CT molecular complexity index is 527. The fourth-order valence-corrected chi connectivity index (χ4v) is 2.79. The Morgan fingerprint density at radius 2 is 1.95 bits per heavy atom. The molecule has 2 heterocycles. The van der Waals surface area contributed by atoms with Crippen LogP contribution in [0.2, 0.25) is 0 Å². The van der Waals surface area contributed by atoms with Crippen LogP contribution in [-0.2, 0) is 6.54 Å². The van der Waals surface area contributed by atoms with Gasteiger partial charge in [0.25, 0.3) is 0 Å². The van der Waals surface area contributed by atoms with Gasteiger partial charge in [0.15, 0.2) is 0 Å². The lowest BCUT2D eigenvalue weighted by molar-refractivity contribution is 0.336. The maximum Gasteiger partial charge on any atom is 0.0346 e. The minimum atomic E-state index is 0.905. The van der Waals surface area contributed by atoms with Crippen LogP contribution in [0.5, 0.6) is 0 Å². The van der Waals surface area contributed by atoms with E-state index in [0.29, 0.717) is 0 Å². The molecule has 100 valence electrons. The van der Waals surface area contributed by atoms with Crippen LogP contribution in [0, 0.1) is 0 Å². The van der Waals surface area contributed by atoms with Gasteiger partial charge in [-0.2, -0.15) is 0 Å². The number of benzene rings is 1. The summed E-state index contributed by atoms with van der Waals surface area (Å²) in [5.74, 6) is 0. The Balaban J connectivity index is 1.56. The predicted molar refractivity (Wildman–Crippen MR) is 79.1 cm³/mol. The molecular formula is C16H21N3. The van der Waals surface area contributed by atoms with Gasteiger partial charge in [-0.1, -0.05) is 24.3 Å². The minimum absolute atomic E-state index is 0.905. The summed E-state index contributed by atoms with van der Waals surface area (Å²) in [6, 6.07) is 8.45. The Kier molecular flexibility index (Phi) is 4.06. The van der Waals surface area contributed by atoms with Crippen molar-refractivity contribution in [1.82, 2.24) is 15.2 Å². The SMILES string of the molecule is c1ccc2c(CNCCN3CCCC3)cncc2c1. The zero-order valence-electron chi connectivity index (χ0n) is 11.3. The third-order valence-electron chi connectivity index (χ3n) is 3.87. The Hall–Kier alpha value is -1.45. The molecule has 0 amide bonds. The third kappa shape index (κ3) is 3.11. The lowest BCUT2D eigenvalue weighted by Crippen LogP contribution is -2.29. The van der Waals surface area contributed by atoms with Gasteiger partial charge in [-0.05, 0) is 36.9 Å². The van der Waals surface area contributed by atoms with Gasteiger partial charge in [0, 0.05) is 37.4 Å². The zero-order valence-corrected chi connectivity index (χ0v) is 11.3. The number of fused-ring (bicyclic) bond motifs is 1. The lowest BCUT2D eigenvalue weighted by Gasteiger charge is -2.15. The number of pyridine rings is 1. The fraction of sp³-hybridized carbons (Fsp3) is 0.438. The van der Waals surface area contributed by atoms with Crippen LogP contribution < -0.4 is 5.32 Å². The van der Waals surface area contributed by atoms with Gasteiger partial charge in [-0.3, -0.25) is 4.98 Å². The molecular weight excluding hydrogens is 234 g/mol. The van der Waals surface area contributed by atoms with E-state index in [-0.39, 0.29) is 0 Å². The first-order chi connectivity index (χ1) is 9.43. The second kappa shape index (κ2) is 6.13. The molecule has 1 N–H and O–H groups in total. The molecule has 2 aromatic rings. The summed E-state index contributed by atoms with van der Waals surface area (Å²) in [6.07, 6.45) is 6.65. The van der Waals surface area contributed by atoms with Crippen molar-refractivity contribution in [3.8, 4) is 0 Å². The number of rotatable bonds is 5. The molecule has 1 aromatic heterocycles. The molecule has 19 heavy (non-hydrogen) atoms. The van der Waals surface area contributed by atoms with E-state index in [0.717, 1.165) is 19.6 Å². The molecule has 0 unspecified atom stereocenters. The van der Waals surface area contributed by atoms with Crippen LogP contribution in [0.25, 0.3) is 10.8 Å². The first-order valence-electron chi connectivity index (χ1n) is 7.18. The van der Waals surface area contributed by atoms with E-state index in [1.54, 1.807) is 0 Å². The van der Waals surface area contributed by atoms with Crippen molar-refractivity contribution >= 4 is 10.8 Å². The second-order valence-electron chi connectivity index (χ2n) is 5.25. The monoisotopic (exact) mass is 255 g/mol. The van der Waals surface area contributed by atoms with E-state index in [2.05, 4.69) is 39.5 Å². The van der Waals surface area contributed by atoms with Crippen molar-refractivity contribution in [2.75, 3.05) is 26.2 Å². The summed E-state index contributed by atoms with van der Waals surface area (Å²) < 4.78 is 0. The summed E-state index contributed by atoms with van der Waals surface area (Å²) in [6.45, 7) is 5.68. The molecule has 0 spiro atoms. The van der Waals surface area contributed by atoms with Crippen LogP contribution in [0.1, 0.15) is 18.4 Å². The van der Waals surface area contributed by atoms with Gasteiger partial charge in [-0.25, -0.2) is 0 Å². The van der Waals surface area contributed by atoms with E-state index in [1.807, 2.05) is 12.4 Å². The Morgan fingerprint density at radius 1 is 1.11 bits per heavy atom. The van der Waals surface area contributed by atoms with Crippen molar-refractivity contribution < 1.29 is 0 Å². The van der Waals surface area contributed by atoms with Crippen LogP contribution in [0.4, 0.5) is 0 Å². The molecule has 3 rings (SSSR count). The Morgan fingerprint density at radius 3 is 2.84 bits per heavy atom. The number of nitrogens with zero attached hydrogens (tertiary/aromatic N) is 2. The molecule has 0 bridgehead atoms. The molecule has 0 saturated carbocycles. The molecule has 1 aliphatic heterocycles. The topological polar surface area (TPSA) is 28.2 Å². The molecule has 1 aromatic carbocycles. The maximum atomic E-state index is 4.32. The van der Waals surface area contributed by atoms with Gasteiger partial charge in [-0.15, -0.1) is 0 Å². The Labute approximate surface area is 114 Å². The number of hydrogen-bond acceptors (Lipinski definition) is 3. The average molecular weight is 255 g/mol. The van der Waals surface area contributed by atoms with Gasteiger partial charge >= 0.3 is 0 Å². The quantitative estimate of drug-likeness (QED) is 0.832. The third-order valence-corrected chi connectivity index (χ3v) is 3.87. The summed E-state index contributed by atoms with van der Waals surface area (Å²) in [7, 11) is 0. The van der Waals surface area contributed by atoms with Crippen molar-refractivity contribution in [3.63, 3.8) is 0 Å². The van der Waals surface area contributed by atoms with Crippen LogP contribution in [0.15, 0.2) is 36.7 Å². The van der Waals surface area contributed by atoms with E-state index in [4.69, 9.17) is 0 Å². The molecule has 3 nitrogen and oxygen atoms in total. The van der Waals surface area contributed by atoms with Crippen molar-refractivity contribution in [2.45, 2.75) is 19.4 Å². The molecule has 1 aliphatic rings. The first kappa shape index (κ1) is 12.6. The largest absolute Gasteiger partial charge is 0.311 e. The smallest absolute Gasteiger partial charge is 0.0346 e. The van der Waals surface area contributed by atoms with Gasteiger partial charge in [0.1, 0.15) is 0 Å². The van der Waals surface area contributed by atoms with Gasteiger partial charge < -0.3 is 10.2 Å². The predicted octanol–water partition coefficient (Wildman–Crippen LogP) is 2.42. The normalized spacial score (nSPS) is 16.2. The minimum Gasteiger partial charge on any atom is -0.311 e. The zero-order chi connectivity index (χ0) is 12.9. The number of likely N-dealkylation sites (tertiary alicyclic amines) is 1. The highest BCUT2D eigenvalue weighted by Gasteiger charge is 2.10. The van der Waals surface area contributed by atoms with Crippen molar-refractivity contribution in [1.29, 1.82) is 0 Å². The van der Waals surface area contributed by atoms with Crippen molar-refractivity contribution in [3.05, 3.63) is 42.2 Å². The van der Waals surface area contributed by atoms with Gasteiger partial charge in [0.2, 0.25) is 0 Å². The molecule has 1 fully saturated rings. The van der Waals surface area contributed by atoms with Crippen LogP contribution in [0.3, 0.4) is 0 Å². The van der Waals surface area contributed by atoms with Crippen molar-refractivity contribution in [2.24, 2.45) is 0 Å². The standard InChI is InChI=1S/C16H21N3/c1-2-6-16-14(5-1)11-18-13-15(16)12-17-7-10-19-8-3-4-9-19/h1-2,5-6,11,13,17H,3-4,7-10,12H2. The highest BCUT2D eigenvalue weighted by atomic mass is 15.1. The molecule has 0 radical (unpaired) electrons. The number of aromatic nitrogens is 1. The molecule has 1 saturated heterocycles. The lowest BCUT2D eigenvalue weighted by atomic mass is 10.1. The maximum absolute atomic E-state index is 4.32. The summed E-state index contributed by atoms with van der Waals surface area (Å²) in [5.41, 5.74) is 1.29. The highest BCUT2D eigenvalue weighted by molar-refractivity contribution is 5.84. The first-order valence-corrected chi connectivity index (χ1v) is 7.18. The van der Waals surface area contributed by atoms with Crippen LogP contribution in [-0.4, -0.2) is 36.1 Å². The highest BCUT2D eigenvalue weighted by Crippen LogP contribution is 2.16. The van der Waals surface area contributed by atoms with Gasteiger partial charge in [0.05, 0.1) is 0 Å². The fourth-order valence-electron chi connectivity index (χ4n) is 2.79. The molecule has 0 aliphatic carbocycles. The van der Waals surface area contributed by atoms with E-state index in [1.165, 1.54) is 42.3 Å². The summed E-state index contributed by atoms with van der Waals surface area (Å²) in [4.78, 5) is 6.85. The summed E-state index contributed by atoms with van der Waals surface area (Å²) in [5, 5.41) is 6.07. The number of hydrogen-bond donors (Lipinski definition) is 1. The van der Waals surface area contributed by atoms with E-state index in [9.17, 15) is 0 Å². The second-order valence-corrected chi connectivity index (χ2v) is 5.25. The number of nitrogens with one attached hydrogen (secondary N) is 1. The summed E-state index contributed by atoms with van der Waals surface area (Å²) >= 11 is 0. The molecule has 3 heteroatoms. The average Bonchev–Trinajstić information content (AvgIpc) is 2.97.